The van der Waals surface area contributed by atoms with Crippen LogP contribution in [0.2, 0.25) is 0 Å². The molecule has 0 aliphatic carbocycles. The number of benzene rings is 3. The predicted octanol–water partition coefficient (Wildman–Crippen LogP) is 5.30. The van der Waals surface area contributed by atoms with Gasteiger partial charge in [-0.3, -0.25) is 14.4 Å². The Labute approximate surface area is 205 Å². The molecule has 0 aliphatic rings. The minimum Gasteiger partial charge on any atom is -0.325 e. The number of rotatable bonds is 6. The fourth-order valence-corrected chi connectivity index (χ4v) is 4.03. The molecular weight excluding hydrogens is 494 g/mol. The summed E-state index contributed by atoms with van der Waals surface area (Å²) in [4.78, 5) is 38.6. The van der Waals surface area contributed by atoms with Gasteiger partial charge in [0.15, 0.2) is 0 Å². The molecule has 0 aliphatic heterocycles. The van der Waals surface area contributed by atoms with Gasteiger partial charge in [0.05, 0.1) is 17.6 Å². The second-order valence-corrected chi connectivity index (χ2v) is 8.93. The van der Waals surface area contributed by atoms with E-state index in [-0.39, 0.29) is 17.9 Å². The van der Waals surface area contributed by atoms with Gasteiger partial charge in [-0.2, -0.15) is 0 Å². The van der Waals surface area contributed by atoms with Crippen LogP contribution in [0.15, 0.2) is 82.1 Å². The first-order valence-electron chi connectivity index (χ1n) is 10.9. The smallest absolute Gasteiger partial charge is 0.263 e. The van der Waals surface area contributed by atoms with Gasteiger partial charge < -0.3 is 15.2 Å². The average Bonchev–Trinajstić information content (AvgIpc) is 2.83. The molecule has 2 amide bonds. The number of fused-ring (bicyclic) bond motifs is 1. The minimum atomic E-state index is -0.497. The van der Waals surface area contributed by atoms with Crippen LogP contribution in [0.1, 0.15) is 28.4 Å². The van der Waals surface area contributed by atoms with Gasteiger partial charge in [-0.05, 0) is 60.0 Å². The van der Waals surface area contributed by atoms with Crippen LogP contribution in [0.3, 0.4) is 0 Å². The average molecular weight is 518 g/mol. The van der Waals surface area contributed by atoms with Gasteiger partial charge in [0.2, 0.25) is 5.91 Å². The fraction of sp³-hybridized carbons (Fsp3) is 0.148. The van der Waals surface area contributed by atoms with Crippen LogP contribution in [0, 0.1) is 0 Å². The summed E-state index contributed by atoms with van der Waals surface area (Å²) in [5.41, 5.74) is 3.40. The largest absolute Gasteiger partial charge is 0.325 e. The molecule has 4 aromatic rings. The summed E-state index contributed by atoms with van der Waals surface area (Å²) in [5.74, 6) is -0.687. The molecule has 7 heteroatoms. The van der Waals surface area contributed by atoms with Crippen LogP contribution in [-0.2, 0) is 24.7 Å². The van der Waals surface area contributed by atoms with Crippen LogP contribution in [0.5, 0.6) is 0 Å². The lowest BCUT2D eigenvalue weighted by atomic mass is 10.1. The Morgan fingerprint density at radius 3 is 2.26 bits per heavy atom. The van der Waals surface area contributed by atoms with Crippen LogP contribution >= 0.6 is 15.9 Å². The van der Waals surface area contributed by atoms with Crippen molar-refractivity contribution in [3.8, 4) is 0 Å². The molecule has 1 heterocycles. The highest BCUT2D eigenvalue weighted by Crippen LogP contribution is 2.24. The summed E-state index contributed by atoms with van der Waals surface area (Å²) in [6.07, 6.45) is 1.10. The van der Waals surface area contributed by atoms with Gasteiger partial charge in [0, 0.05) is 22.6 Å². The summed E-state index contributed by atoms with van der Waals surface area (Å²) >= 11 is 3.39. The first-order valence-corrected chi connectivity index (χ1v) is 11.7. The van der Waals surface area contributed by atoms with Crippen molar-refractivity contribution in [3.05, 3.63) is 104 Å². The molecule has 6 nitrogen and oxygen atoms in total. The Hall–Kier alpha value is -3.71. The van der Waals surface area contributed by atoms with Gasteiger partial charge in [0.1, 0.15) is 5.56 Å². The van der Waals surface area contributed by atoms with Gasteiger partial charge in [-0.25, -0.2) is 0 Å². The van der Waals surface area contributed by atoms with Crippen LogP contribution in [-0.4, -0.2) is 16.4 Å². The SMILES string of the molecule is CCc1ccc(NC(=O)c2cc3c(NC(=O)Cc4ccc(Br)cc4)cccc3n(C)c2=O)cc1. The number of pyridine rings is 1. The zero-order valence-electron chi connectivity index (χ0n) is 18.9. The topological polar surface area (TPSA) is 80.2 Å². The van der Waals surface area contributed by atoms with Crippen molar-refractivity contribution in [2.24, 2.45) is 7.05 Å². The Morgan fingerprint density at radius 2 is 1.59 bits per heavy atom. The Kier molecular flexibility index (Phi) is 6.93. The summed E-state index contributed by atoms with van der Waals surface area (Å²) in [6, 6.07) is 21.9. The number of hydrogen-bond donors (Lipinski definition) is 2. The van der Waals surface area contributed by atoms with Gasteiger partial charge in [-0.1, -0.05) is 53.2 Å². The van der Waals surface area contributed by atoms with E-state index in [4.69, 9.17) is 0 Å². The monoisotopic (exact) mass is 517 g/mol. The number of hydrogen-bond acceptors (Lipinski definition) is 3. The molecule has 34 heavy (non-hydrogen) atoms. The van der Waals surface area contributed by atoms with Crippen molar-refractivity contribution in [3.63, 3.8) is 0 Å². The van der Waals surface area contributed by atoms with Crippen molar-refractivity contribution in [2.45, 2.75) is 19.8 Å². The predicted molar refractivity (Wildman–Crippen MR) is 139 cm³/mol. The third kappa shape index (κ3) is 5.10. The van der Waals surface area contributed by atoms with E-state index in [1.54, 1.807) is 31.3 Å². The van der Waals surface area contributed by atoms with E-state index in [1.807, 2.05) is 48.5 Å². The quantitative estimate of drug-likeness (QED) is 0.364. The van der Waals surface area contributed by atoms with E-state index in [0.29, 0.717) is 22.3 Å². The lowest BCUT2D eigenvalue weighted by molar-refractivity contribution is -0.115. The van der Waals surface area contributed by atoms with Crippen molar-refractivity contribution in [2.75, 3.05) is 10.6 Å². The molecule has 0 saturated heterocycles. The van der Waals surface area contributed by atoms with E-state index >= 15 is 0 Å². The number of nitrogens with one attached hydrogen (secondary N) is 2. The summed E-state index contributed by atoms with van der Waals surface area (Å²) in [5, 5.41) is 6.33. The molecule has 0 saturated carbocycles. The van der Waals surface area contributed by atoms with E-state index in [2.05, 4.69) is 33.5 Å². The fourth-order valence-electron chi connectivity index (χ4n) is 3.77. The minimum absolute atomic E-state index is 0.00387. The third-order valence-electron chi connectivity index (χ3n) is 5.68. The van der Waals surface area contributed by atoms with Crippen LogP contribution < -0.4 is 16.2 Å². The first-order chi connectivity index (χ1) is 16.4. The molecule has 0 fully saturated rings. The Balaban J connectivity index is 1.64. The number of aromatic nitrogens is 1. The molecule has 0 unspecified atom stereocenters. The van der Waals surface area contributed by atoms with Crippen molar-refractivity contribution >= 4 is 50.0 Å². The normalized spacial score (nSPS) is 10.8. The summed E-state index contributed by atoms with van der Waals surface area (Å²) < 4.78 is 2.37. The number of aryl methyl sites for hydroxylation is 2. The zero-order chi connectivity index (χ0) is 24.2. The highest BCUT2D eigenvalue weighted by atomic mass is 79.9. The molecule has 2 N–H and O–H groups in total. The summed E-state index contributed by atoms with van der Waals surface area (Å²) in [6.45, 7) is 2.06. The molecule has 0 atom stereocenters. The van der Waals surface area contributed by atoms with Gasteiger partial charge in [-0.15, -0.1) is 0 Å². The molecule has 0 radical (unpaired) electrons. The maximum Gasteiger partial charge on any atom is 0.263 e. The highest BCUT2D eigenvalue weighted by molar-refractivity contribution is 9.10. The molecular formula is C27H24BrN3O3. The Bertz CT molecular complexity index is 1420. The number of nitrogens with zero attached hydrogens (tertiary/aromatic N) is 1. The number of amides is 2. The Morgan fingerprint density at radius 1 is 0.912 bits per heavy atom. The molecule has 0 bridgehead atoms. The number of carbonyl (C=O) groups is 2. The standard InChI is InChI=1S/C27H24BrN3O3/c1-3-17-9-13-20(14-10-17)29-26(33)22-16-21-23(5-4-6-24(21)31(2)27(22)34)30-25(32)15-18-7-11-19(28)12-8-18/h4-14,16H,3,15H2,1-2H3,(H,29,33)(H,30,32). The molecule has 0 spiro atoms. The van der Waals surface area contributed by atoms with Gasteiger partial charge >= 0.3 is 0 Å². The van der Waals surface area contributed by atoms with Crippen molar-refractivity contribution in [1.29, 1.82) is 0 Å². The molecule has 4 rings (SSSR count). The molecule has 172 valence electrons. The summed E-state index contributed by atoms with van der Waals surface area (Å²) in [7, 11) is 1.62. The zero-order valence-corrected chi connectivity index (χ0v) is 20.5. The number of halogens is 1. The van der Waals surface area contributed by atoms with E-state index in [1.165, 1.54) is 4.57 Å². The maximum absolute atomic E-state index is 13.0. The van der Waals surface area contributed by atoms with E-state index in [9.17, 15) is 14.4 Å². The second kappa shape index (κ2) is 10.1. The lowest BCUT2D eigenvalue weighted by Crippen LogP contribution is -2.28. The molecule has 1 aromatic heterocycles. The third-order valence-corrected chi connectivity index (χ3v) is 6.21. The van der Waals surface area contributed by atoms with E-state index in [0.717, 1.165) is 22.0 Å². The lowest BCUT2D eigenvalue weighted by Gasteiger charge is -2.13. The van der Waals surface area contributed by atoms with Crippen molar-refractivity contribution in [1.82, 2.24) is 4.57 Å². The number of anilines is 2. The highest BCUT2D eigenvalue weighted by Gasteiger charge is 2.17. The number of carbonyl (C=O) groups excluding carboxylic acids is 2. The van der Waals surface area contributed by atoms with Crippen molar-refractivity contribution < 1.29 is 9.59 Å². The van der Waals surface area contributed by atoms with E-state index < -0.39 is 11.5 Å². The van der Waals surface area contributed by atoms with Crippen LogP contribution in [0.4, 0.5) is 11.4 Å². The van der Waals surface area contributed by atoms with Gasteiger partial charge in [0.25, 0.3) is 11.5 Å². The molecule has 3 aromatic carbocycles. The maximum atomic E-state index is 13.0. The first kappa shape index (κ1) is 23.4. The van der Waals surface area contributed by atoms with Crippen LogP contribution in [0.25, 0.3) is 10.9 Å². The second-order valence-electron chi connectivity index (χ2n) is 8.02.